The second-order valence-electron chi connectivity index (χ2n) is 8.74. The molecule has 0 spiro atoms. The molecular weight excluding hydrogens is 559 g/mol. The van der Waals surface area contributed by atoms with Gasteiger partial charge in [-0.1, -0.05) is 15.9 Å². The maximum atomic E-state index is 12.9. The highest BCUT2D eigenvalue weighted by atomic mass is 79.9. The number of carbonyl (C=O) groups excluding carboxylic acids is 4. The summed E-state index contributed by atoms with van der Waals surface area (Å²) in [6, 6.07) is 9.52. The van der Waals surface area contributed by atoms with Crippen molar-refractivity contribution < 1.29 is 23.9 Å². The van der Waals surface area contributed by atoms with Crippen molar-refractivity contribution in [2.24, 2.45) is 11.8 Å². The van der Waals surface area contributed by atoms with E-state index in [0.29, 0.717) is 24.2 Å². The number of hydrogen-bond acceptors (Lipinski definition) is 5. The van der Waals surface area contributed by atoms with Crippen molar-refractivity contribution >= 4 is 74.2 Å². The summed E-state index contributed by atoms with van der Waals surface area (Å²) in [6.45, 7) is 3.36. The normalized spacial score (nSPS) is 23.7. The number of nitrogens with zero attached hydrogens (tertiary/aromatic N) is 1. The third-order valence-electron chi connectivity index (χ3n) is 6.60. The van der Waals surface area contributed by atoms with E-state index in [4.69, 9.17) is 27.9 Å². The molecule has 3 amide bonds. The van der Waals surface area contributed by atoms with Gasteiger partial charge in [-0.05, 0) is 74.2 Å². The minimum absolute atomic E-state index is 0.190. The standard InChI is InChI=1S/C25H23BrCl2N2O5/c1-12-13(2)21(8-7-18(12)26)29-22(31)11-35-25(34)14-3-5-15(6-4-14)30-23(32)16-9-19(27)20(28)10-17(16)24(30)33/h3-8,16-17,19-20H,9-11H2,1-2H3,(H,29,31)/t16-,17+,19-,20-/m0/s1. The van der Waals surface area contributed by atoms with Crippen LogP contribution in [0.3, 0.4) is 0 Å². The molecule has 1 aliphatic heterocycles. The molecule has 184 valence electrons. The highest BCUT2D eigenvalue weighted by molar-refractivity contribution is 9.10. The van der Waals surface area contributed by atoms with Gasteiger partial charge in [0, 0.05) is 10.2 Å². The molecule has 2 aromatic rings. The average molecular weight is 582 g/mol. The molecule has 0 radical (unpaired) electrons. The lowest BCUT2D eigenvalue weighted by Crippen LogP contribution is -2.34. The molecule has 0 unspecified atom stereocenters. The molecule has 4 atom stereocenters. The molecule has 2 aromatic carbocycles. The lowest BCUT2D eigenvalue weighted by Gasteiger charge is -2.28. The lowest BCUT2D eigenvalue weighted by atomic mass is 9.80. The van der Waals surface area contributed by atoms with Gasteiger partial charge in [-0.25, -0.2) is 4.79 Å². The number of carbonyl (C=O) groups is 4. The molecule has 4 rings (SSSR count). The number of hydrogen-bond donors (Lipinski definition) is 1. The van der Waals surface area contributed by atoms with Crippen LogP contribution in [0.1, 0.15) is 34.3 Å². The Morgan fingerprint density at radius 1 is 0.971 bits per heavy atom. The highest BCUT2D eigenvalue weighted by Gasteiger charge is 2.52. The molecule has 2 aliphatic rings. The van der Waals surface area contributed by atoms with Crippen LogP contribution in [0.15, 0.2) is 40.9 Å². The number of amides is 3. The summed E-state index contributed by atoms with van der Waals surface area (Å²) < 4.78 is 6.06. The van der Waals surface area contributed by atoms with Crippen molar-refractivity contribution in [3.63, 3.8) is 0 Å². The molecule has 1 heterocycles. The van der Waals surface area contributed by atoms with E-state index < -0.39 is 30.3 Å². The zero-order valence-corrected chi connectivity index (χ0v) is 22.1. The van der Waals surface area contributed by atoms with Crippen molar-refractivity contribution in [2.45, 2.75) is 37.4 Å². The van der Waals surface area contributed by atoms with E-state index in [-0.39, 0.29) is 28.1 Å². The summed E-state index contributed by atoms with van der Waals surface area (Å²) in [7, 11) is 0. The molecule has 1 saturated heterocycles. The SMILES string of the molecule is Cc1c(Br)ccc(NC(=O)COC(=O)c2ccc(N3C(=O)[C@H]4C[C@H](Cl)[C@@H](Cl)C[C@H]4C3=O)cc2)c1C. The molecule has 35 heavy (non-hydrogen) atoms. The van der Waals surface area contributed by atoms with Crippen molar-refractivity contribution in [1.82, 2.24) is 0 Å². The average Bonchev–Trinajstić information content (AvgIpc) is 3.07. The van der Waals surface area contributed by atoms with E-state index in [0.717, 1.165) is 20.5 Å². The first-order valence-electron chi connectivity index (χ1n) is 11.1. The number of benzene rings is 2. The fraction of sp³-hybridized carbons (Fsp3) is 0.360. The van der Waals surface area contributed by atoms with Gasteiger partial charge in [0.15, 0.2) is 6.61 Å². The summed E-state index contributed by atoms with van der Waals surface area (Å²) in [5, 5.41) is 2.01. The van der Waals surface area contributed by atoms with Gasteiger partial charge in [0.2, 0.25) is 11.8 Å². The first kappa shape index (κ1) is 25.7. The van der Waals surface area contributed by atoms with Crippen molar-refractivity contribution in [3.05, 3.63) is 57.6 Å². The van der Waals surface area contributed by atoms with Crippen LogP contribution >= 0.6 is 39.1 Å². The third-order valence-corrected chi connectivity index (χ3v) is 8.55. The Bertz CT molecular complexity index is 1180. The number of rotatable bonds is 5. The van der Waals surface area contributed by atoms with E-state index in [1.54, 1.807) is 6.07 Å². The Morgan fingerprint density at radius 2 is 1.54 bits per heavy atom. The van der Waals surface area contributed by atoms with Gasteiger partial charge in [0.1, 0.15) is 0 Å². The van der Waals surface area contributed by atoms with Crippen LogP contribution in [0.5, 0.6) is 0 Å². The fourth-order valence-corrected chi connectivity index (χ4v) is 5.44. The number of ether oxygens (including phenoxy) is 1. The molecule has 1 aliphatic carbocycles. The molecule has 0 aromatic heterocycles. The number of anilines is 2. The minimum atomic E-state index is -0.696. The quantitative estimate of drug-likeness (QED) is 0.305. The first-order chi connectivity index (χ1) is 16.6. The van der Waals surface area contributed by atoms with Gasteiger partial charge in [-0.15, -0.1) is 23.2 Å². The fourth-order valence-electron chi connectivity index (χ4n) is 4.42. The Balaban J connectivity index is 1.37. The Morgan fingerprint density at radius 3 is 2.11 bits per heavy atom. The van der Waals surface area contributed by atoms with Crippen molar-refractivity contribution in [1.29, 1.82) is 0 Å². The van der Waals surface area contributed by atoms with Crippen molar-refractivity contribution in [3.8, 4) is 0 Å². The summed E-state index contributed by atoms with van der Waals surface area (Å²) in [5.41, 5.74) is 3.10. The molecule has 1 N–H and O–H groups in total. The minimum Gasteiger partial charge on any atom is -0.452 e. The van der Waals surface area contributed by atoms with Crippen LogP contribution in [0.25, 0.3) is 0 Å². The van der Waals surface area contributed by atoms with Gasteiger partial charge in [0.05, 0.1) is 33.8 Å². The van der Waals surface area contributed by atoms with E-state index in [1.807, 2.05) is 19.9 Å². The van der Waals surface area contributed by atoms with Crippen LogP contribution in [-0.4, -0.2) is 41.1 Å². The number of halogens is 3. The van der Waals surface area contributed by atoms with Crippen molar-refractivity contribution in [2.75, 3.05) is 16.8 Å². The number of alkyl halides is 2. The molecule has 10 heteroatoms. The number of esters is 1. The zero-order valence-electron chi connectivity index (χ0n) is 19.0. The predicted octanol–water partition coefficient (Wildman–Crippen LogP) is 4.98. The van der Waals surface area contributed by atoms with Crippen LogP contribution in [-0.2, 0) is 19.1 Å². The first-order valence-corrected chi connectivity index (χ1v) is 12.7. The van der Waals surface area contributed by atoms with E-state index >= 15 is 0 Å². The van der Waals surface area contributed by atoms with E-state index in [9.17, 15) is 19.2 Å². The van der Waals surface area contributed by atoms with Crippen LogP contribution in [0, 0.1) is 25.7 Å². The Labute approximate surface area is 221 Å². The lowest BCUT2D eigenvalue weighted by molar-refractivity contribution is -0.122. The summed E-state index contributed by atoms with van der Waals surface area (Å²) in [4.78, 5) is 51.6. The molecule has 1 saturated carbocycles. The monoisotopic (exact) mass is 580 g/mol. The van der Waals surface area contributed by atoms with E-state index in [1.165, 1.54) is 24.3 Å². The predicted molar refractivity (Wildman–Crippen MR) is 137 cm³/mol. The smallest absolute Gasteiger partial charge is 0.338 e. The molecular formula is C25H23BrCl2N2O5. The van der Waals surface area contributed by atoms with Crippen LogP contribution in [0.4, 0.5) is 11.4 Å². The zero-order chi connectivity index (χ0) is 25.4. The molecule has 7 nitrogen and oxygen atoms in total. The van der Waals surface area contributed by atoms with Gasteiger partial charge in [0.25, 0.3) is 5.91 Å². The third kappa shape index (κ3) is 5.10. The number of fused-ring (bicyclic) bond motifs is 1. The van der Waals surface area contributed by atoms with Gasteiger partial charge >= 0.3 is 5.97 Å². The van der Waals surface area contributed by atoms with E-state index in [2.05, 4.69) is 21.2 Å². The summed E-state index contributed by atoms with van der Waals surface area (Å²) in [5.74, 6) is -2.74. The summed E-state index contributed by atoms with van der Waals surface area (Å²) >= 11 is 15.9. The van der Waals surface area contributed by atoms with Gasteiger partial charge in [-0.3, -0.25) is 19.3 Å². The Kier molecular flexibility index (Phi) is 7.54. The number of imide groups is 1. The Hall–Kier alpha value is -2.42. The van der Waals surface area contributed by atoms with Crippen LogP contribution in [0.2, 0.25) is 0 Å². The maximum Gasteiger partial charge on any atom is 0.338 e. The summed E-state index contributed by atoms with van der Waals surface area (Å²) in [6.07, 6.45) is 0.709. The molecule has 0 bridgehead atoms. The molecule has 2 fully saturated rings. The highest BCUT2D eigenvalue weighted by Crippen LogP contribution is 2.43. The number of nitrogens with one attached hydrogen (secondary N) is 1. The second-order valence-corrected chi connectivity index (χ2v) is 10.7. The van der Waals surface area contributed by atoms with Gasteiger partial charge in [-0.2, -0.15) is 0 Å². The van der Waals surface area contributed by atoms with Crippen LogP contribution < -0.4 is 10.2 Å². The topological polar surface area (TPSA) is 92.8 Å². The largest absolute Gasteiger partial charge is 0.452 e. The second kappa shape index (κ2) is 10.3. The van der Waals surface area contributed by atoms with Gasteiger partial charge < -0.3 is 10.1 Å². The maximum absolute atomic E-state index is 12.9.